The second kappa shape index (κ2) is 3.69. The molecule has 76 valence electrons. The molecule has 0 atom stereocenters. The van der Waals surface area contributed by atoms with Gasteiger partial charge in [-0.1, -0.05) is 0 Å². The lowest BCUT2D eigenvalue weighted by atomic mass is 10.3. The highest BCUT2D eigenvalue weighted by molar-refractivity contribution is 7.09. The lowest BCUT2D eigenvalue weighted by Gasteiger charge is -2.14. The standard InChI is InChI=1S/C10H14N2OS/c1-7-11-9(6-14-7)10(13)12(2)5-8-3-4-8/h6,8H,3-5H2,1-2H3. The number of amides is 1. The summed E-state index contributed by atoms with van der Waals surface area (Å²) in [7, 11) is 1.86. The van der Waals surface area contributed by atoms with Crippen molar-refractivity contribution in [1.29, 1.82) is 0 Å². The molecule has 3 nitrogen and oxygen atoms in total. The molecule has 14 heavy (non-hydrogen) atoms. The number of rotatable bonds is 3. The van der Waals surface area contributed by atoms with E-state index >= 15 is 0 Å². The maximum atomic E-state index is 11.8. The van der Waals surface area contributed by atoms with Gasteiger partial charge in [0.05, 0.1) is 5.01 Å². The molecule has 2 rings (SSSR count). The van der Waals surface area contributed by atoms with Crippen molar-refractivity contribution in [3.8, 4) is 0 Å². The van der Waals surface area contributed by atoms with Crippen LogP contribution in [0.4, 0.5) is 0 Å². The lowest BCUT2D eigenvalue weighted by Crippen LogP contribution is -2.28. The van der Waals surface area contributed by atoms with Gasteiger partial charge in [0.1, 0.15) is 5.69 Å². The SMILES string of the molecule is Cc1nc(C(=O)N(C)CC2CC2)cs1. The fourth-order valence-electron chi connectivity index (χ4n) is 1.43. The topological polar surface area (TPSA) is 33.2 Å². The average Bonchev–Trinajstić information content (AvgIpc) is 2.85. The summed E-state index contributed by atoms with van der Waals surface area (Å²) in [4.78, 5) is 17.8. The number of aryl methyl sites for hydroxylation is 1. The van der Waals surface area contributed by atoms with Crippen molar-refractivity contribution in [3.05, 3.63) is 16.1 Å². The molecule has 1 fully saturated rings. The third kappa shape index (κ3) is 2.12. The Morgan fingerprint density at radius 2 is 2.43 bits per heavy atom. The van der Waals surface area contributed by atoms with E-state index in [9.17, 15) is 4.79 Å². The fourth-order valence-corrected chi connectivity index (χ4v) is 2.01. The quantitative estimate of drug-likeness (QED) is 0.763. The minimum Gasteiger partial charge on any atom is -0.340 e. The number of aromatic nitrogens is 1. The van der Waals surface area contributed by atoms with Gasteiger partial charge < -0.3 is 4.90 Å². The van der Waals surface area contributed by atoms with E-state index in [1.54, 1.807) is 4.90 Å². The Kier molecular flexibility index (Phi) is 2.54. The first-order valence-electron chi connectivity index (χ1n) is 4.84. The number of nitrogens with zero attached hydrogens (tertiary/aromatic N) is 2. The normalized spacial score (nSPS) is 15.6. The largest absolute Gasteiger partial charge is 0.340 e. The first kappa shape index (κ1) is 9.65. The van der Waals surface area contributed by atoms with Gasteiger partial charge in [-0.05, 0) is 25.7 Å². The van der Waals surface area contributed by atoms with E-state index in [4.69, 9.17) is 0 Å². The second-order valence-electron chi connectivity index (χ2n) is 3.88. The molecule has 4 heteroatoms. The third-order valence-electron chi connectivity index (χ3n) is 2.41. The van der Waals surface area contributed by atoms with Gasteiger partial charge in [-0.3, -0.25) is 4.79 Å². The van der Waals surface area contributed by atoms with Crippen molar-refractivity contribution < 1.29 is 4.79 Å². The Morgan fingerprint density at radius 3 is 2.93 bits per heavy atom. The number of hydrogen-bond donors (Lipinski definition) is 0. The average molecular weight is 210 g/mol. The maximum Gasteiger partial charge on any atom is 0.273 e. The summed E-state index contributed by atoms with van der Waals surface area (Å²) in [5, 5.41) is 2.79. The highest BCUT2D eigenvalue weighted by atomic mass is 32.1. The third-order valence-corrected chi connectivity index (χ3v) is 3.19. The molecule has 1 aromatic heterocycles. The van der Waals surface area contributed by atoms with Crippen LogP contribution in [0.1, 0.15) is 28.3 Å². The van der Waals surface area contributed by atoms with Gasteiger partial charge in [0.25, 0.3) is 5.91 Å². The lowest BCUT2D eigenvalue weighted by molar-refractivity contribution is 0.0783. The maximum absolute atomic E-state index is 11.8. The summed E-state index contributed by atoms with van der Waals surface area (Å²) in [6.07, 6.45) is 2.54. The Morgan fingerprint density at radius 1 is 1.71 bits per heavy atom. The number of carbonyl (C=O) groups is 1. The van der Waals surface area contributed by atoms with Crippen LogP contribution in [0.25, 0.3) is 0 Å². The summed E-state index contributed by atoms with van der Waals surface area (Å²) in [5.74, 6) is 0.796. The number of thiazole rings is 1. The van der Waals surface area contributed by atoms with E-state index in [1.165, 1.54) is 24.2 Å². The summed E-state index contributed by atoms with van der Waals surface area (Å²) in [6, 6.07) is 0. The minimum absolute atomic E-state index is 0.0567. The van der Waals surface area contributed by atoms with Crippen molar-refractivity contribution in [3.63, 3.8) is 0 Å². The summed E-state index contributed by atoms with van der Waals surface area (Å²) in [5.41, 5.74) is 0.593. The first-order chi connectivity index (χ1) is 6.66. The molecule has 0 unspecified atom stereocenters. The fraction of sp³-hybridized carbons (Fsp3) is 0.600. The van der Waals surface area contributed by atoms with E-state index < -0.39 is 0 Å². The van der Waals surface area contributed by atoms with Crippen molar-refractivity contribution in [1.82, 2.24) is 9.88 Å². The van der Waals surface area contributed by atoms with Crippen LogP contribution in [-0.2, 0) is 0 Å². The van der Waals surface area contributed by atoms with E-state index in [0.717, 1.165) is 17.5 Å². The molecule has 1 amide bonds. The predicted octanol–water partition coefficient (Wildman–Crippen LogP) is 1.93. The van der Waals surface area contributed by atoms with E-state index in [2.05, 4.69) is 4.98 Å². The molecule has 1 saturated carbocycles. The van der Waals surface area contributed by atoms with Crippen molar-refractivity contribution in [2.45, 2.75) is 19.8 Å². The molecular weight excluding hydrogens is 196 g/mol. The number of carbonyl (C=O) groups excluding carboxylic acids is 1. The van der Waals surface area contributed by atoms with Crippen LogP contribution in [0.2, 0.25) is 0 Å². The van der Waals surface area contributed by atoms with Gasteiger partial charge >= 0.3 is 0 Å². The van der Waals surface area contributed by atoms with Crippen LogP contribution < -0.4 is 0 Å². The zero-order valence-electron chi connectivity index (χ0n) is 8.49. The zero-order valence-corrected chi connectivity index (χ0v) is 9.30. The second-order valence-corrected chi connectivity index (χ2v) is 4.94. The van der Waals surface area contributed by atoms with E-state index in [0.29, 0.717) is 5.69 Å². The van der Waals surface area contributed by atoms with Gasteiger partial charge in [-0.25, -0.2) is 4.98 Å². The van der Waals surface area contributed by atoms with Gasteiger partial charge in [-0.15, -0.1) is 11.3 Å². The number of hydrogen-bond acceptors (Lipinski definition) is 3. The molecule has 1 heterocycles. The summed E-state index contributed by atoms with van der Waals surface area (Å²) in [6.45, 7) is 2.80. The Hall–Kier alpha value is -0.900. The Balaban J connectivity index is 1.99. The van der Waals surface area contributed by atoms with Crippen LogP contribution >= 0.6 is 11.3 Å². The van der Waals surface area contributed by atoms with Crippen molar-refractivity contribution >= 4 is 17.2 Å². The molecule has 0 aromatic carbocycles. The highest BCUT2D eigenvalue weighted by Gasteiger charge is 2.25. The van der Waals surface area contributed by atoms with Gasteiger partial charge in [0, 0.05) is 19.0 Å². The van der Waals surface area contributed by atoms with Crippen LogP contribution in [0, 0.1) is 12.8 Å². The minimum atomic E-state index is 0.0567. The molecule has 1 aliphatic carbocycles. The highest BCUT2D eigenvalue weighted by Crippen LogP contribution is 2.29. The Bertz CT molecular complexity index is 344. The smallest absolute Gasteiger partial charge is 0.273 e. The summed E-state index contributed by atoms with van der Waals surface area (Å²) >= 11 is 1.53. The molecule has 0 bridgehead atoms. The Labute approximate surface area is 87.8 Å². The molecule has 0 spiro atoms. The summed E-state index contributed by atoms with van der Waals surface area (Å²) < 4.78 is 0. The van der Waals surface area contributed by atoms with Crippen molar-refractivity contribution in [2.24, 2.45) is 5.92 Å². The van der Waals surface area contributed by atoms with Gasteiger partial charge in [0.15, 0.2) is 0 Å². The van der Waals surface area contributed by atoms with Crippen molar-refractivity contribution in [2.75, 3.05) is 13.6 Å². The molecule has 1 aromatic rings. The van der Waals surface area contributed by atoms with Crippen LogP contribution in [0.15, 0.2) is 5.38 Å². The monoisotopic (exact) mass is 210 g/mol. The first-order valence-corrected chi connectivity index (χ1v) is 5.72. The van der Waals surface area contributed by atoms with E-state index in [1.807, 2.05) is 19.4 Å². The molecule has 0 aliphatic heterocycles. The van der Waals surface area contributed by atoms with Crippen LogP contribution in [0.3, 0.4) is 0 Å². The molecule has 0 saturated heterocycles. The van der Waals surface area contributed by atoms with Gasteiger partial charge in [-0.2, -0.15) is 0 Å². The molecular formula is C10H14N2OS. The van der Waals surface area contributed by atoms with E-state index in [-0.39, 0.29) is 5.91 Å². The van der Waals surface area contributed by atoms with Crippen LogP contribution in [0.5, 0.6) is 0 Å². The molecule has 0 N–H and O–H groups in total. The molecule has 1 aliphatic rings. The molecule has 0 radical (unpaired) electrons. The van der Waals surface area contributed by atoms with Crippen LogP contribution in [-0.4, -0.2) is 29.4 Å². The zero-order chi connectivity index (χ0) is 10.1. The predicted molar refractivity (Wildman–Crippen MR) is 56.5 cm³/mol. The van der Waals surface area contributed by atoms with Gasteiger partial charge in [0.2, 0.25) is 0 Å².